The SMILES string of the molecule is N#Cc1ccc(F)c(/C=C/C(=O)O)c1. The fourth-order valence-corrected chi connectivity index (χ4v) is 0.902. The lowest BCUT2D eigenvalue weighted by molar-refractivity contribution is -0.131. The first-order valence-corrected chi connectivity index (χ1v) is 3.74. The van der Waals surface area contributed by atoms with Crippen LogP contribution in [0, 0.1) is 17.1 Å². The summed E-state index contributed by atoms with van der Waals surface area (Å²) < 4.78 is 13.0. The molecule has 0 bridgehead atoms. The van der Waals surface area contributed by atoms with E-state index >= 15 is 0 Å². The van der Waals surface area contributed by atoms with Gasteiger partial charge >= 0.3 is 5.97 Å². The van der Waals surface area contributed by atoms with E-state index in [0.29, 0.717) is 0 Å². The second kappa shape index (κ2) is 4.19. The van der Waals surface area contributed by atoms with Crippen molar-refractivity contribution in [3.63, 3.8) is 0 Å². The minimum Gasteiger partial charge on any atom is -0.478 e. The molecule has 4 heteroatoms. The standard InChI is InChI=1S/C10H6FNO2/c11-9-3-1-7(6-12)5-8(9)2-4-10(13)14/h1-5H,(H,13,14)/b4-2+. The van der Waals surface area contributed by atoms with Gasteiger partial charge in [0.25, 0.3) is 0 Å². The number of halogens is 1. The highest BCUT2D eigenvalue weighted by Crippen LogP contribution is 2.11. The molecule has 70 valence electrons. The molecule has 1 aromatic carbocycles. The molecule has 0 aliphatic heterocycles. The van der Waals surface area contributed by atoms with E-state index < -0.39 is 11.8 Å². The third-order valence-corrected chi connectivity index (χ3v) is 1.53. The van der Waals surface area contributed by atoms with E-state index in [9.17, 15) is 9.18 Å². The van der Waals surface area contributed by atoms with E-state index in [-0.39, 0.29) is 11.1 Å². The number of nitrogens with zero attached hydrogens (tertiary/aromatic N) is 1. The van der Waals surface area contributed by atoms with Crippen molar-refractivity contribution in [1.29, 1.82) is 5.26 Å². The summed E-state index contributed by atoms with van der Waals surface area (Å²) in [5.74, 6) is -1.71. The molecule has 0 aliphatic carbocycles. The Balaban J connectivity index is 3.08. The molecule has 0 atom stereocenters. The van der Waals surface area contributed by atoms with Crippen LogP contribution in [0.1, 0.15) is 11.1 Å². The van der Waals surface area contributed by atoms with Gasteiger partial charge in [-0.25, -0.2) is 9.18 Å². The van der Waals surface area contributed by atoms with Crippen molar-refractivity contribution in [2.24, 2.45) is 0 Å². The largest absolute Gasteiger partial charge is 0.478 e. The van der Waals surface area contributed by atoms with Gasteiger partial charge < -0.3 is 5.11 Å². The zero-order valence-electron chi connectivity index (χ0n) is 7.07. The molecule has 0 fully saturated rings. The van der Waals surface area contributed by atoms with Gasteiger partial charge in [0, 0.05) is 11.6 Å². The third-order valence-electron chi connectivity index (χ3n) is 1.53. The number of carboxylic acids is 1. The lowest BCUT2D eigenvalue weighted by atomic mass is 10.1. The molecule has 0 heterocycles. The fraction of sp³-hybridized carbons (Fsp3) is 0. The van der Waals surface area contributed by atoms with Crippen molar-refractivity contribution in [1.82, 2.24) is 0 Å². The van der Waals surface area contributed by atoms with Crippen LogP contribution in [0.4, 0.5) is 4.39 Å². The van der Waals surface area contributed by atoms with Gasteiger partial charge in [0.15, 0.2) is 0 Å². The number of carbonyl (C=O) groups is 1. The van der Waals surface area contributed by atoms with E-state index in [0.717, 1.165) is 18.2 Å². The number of carboxylic acid groups (broad SMARTS) is 1. The highest BCUT2D eigenvalue weighted by molar-refractivity contribution is 5.85. The van der Waals surface area contributed by atoms with Crippen molar-refractivity contribution in [3.8, 4) is 6.07 Å². The lowest BCUT2D eigenvalue weighted by Crippen LogP contribution is -1.88. The number of benzene rings is 1. The summed E-state index contributed by atoms with van der Waals surface area (Å²) in [4.78, 5) is 10.2. The monoisotopic (exact) mass is 191 g/mol. The minimum absolute atomic E-state index is 0.0893. The van der Waals surface area contributed by atoms with Crippen molar-refractivity contribution in [2.45, 2.75) is 0 Å². The predicted octanol–water partition coefficient (Wildman–Crippen LogP) is 1.80. The van der Waals surface area contributed by atoms with Gasteiger partial charge in [-0.2, -0.15) is 5.26 Å². The summed E-state index contributed by atoms with van der Waals surface area (Å²) in [6, 6.07) is 5.57. The number of aliphatic carboxylic acids is 1. The van der Waals surface area contributed by atoms with Crippen LogP contribution in [-0.4, -0.2) is 11.1 Å². The van der Waals surface area contributed by atoms with E-state index in [1.807, 2.05) is 6.07 Å². The second-order valence-electron chi connectivity index (χ2n) is 2.52. The molecule has 1 rings (SSSR count). The average molecular weight is 191 g/mol. The van der Waals surface area contributed by atoms with Gasteiger partial charge in [-0.1, -0.05) is 0 Å². The molecular weight excluding hydrogens is 185 g/mol. The van der Waals surface area contributed by atoms with Crippen molar-refractivity contribution >= 4 is 12.0 Å². The Morgan fingerprint density at radius 2 is 2.29 bits per heavy atom. The van der Waals surface area contributed by atoms with Crippen LogP contribution in [0.5, 0.6) is 0 Å². The van der Waals surface area contributed by atoms with Gasteiger partial charge in [0.2, 0.25) is 0 Å². The van der Waals surface area contributed by atoms with E-state index in [4.69, 9.17) is 10.4 Å². The summed E-state index contributed by atoms with van der Waals surface area (Å²) in [6.07, 6.45) is 1.93. The summed E-state index contributed by atoms with van der Waals surface area (Å²) in [5.41, 5.74) is 0.378. The summed E-state index contributed by atoms with van der Waals surface area (Å²) in [6.45, 7) is 0. The van der Waals surface area contributed by atoms with Gasteiger partial charge in [0.1, 0.15) is 5.82 Å². The maximum absolute atomic E-state index is 13.0. The van der Waals surface area contributed by atoms with Gasteiger partial charge in [-0.15, -0.1) is 0 Å². The van der Waals surface area contributed by atoms with Gasteiger partial charge in [-0.05, 0) is 24.3 Å². The first kappa shape index (κ1) is 9.93. The quantitative estimate of drug-likeness (QED) is 0.725. The van der Waals surface area contributed by atoms with E-state index in [1.165, 1.54) is 12.1 Å². The fourth-order valence-electron chi connectivity index (χ4n) is 0.902. The zero-order chi connectivity index (χ0) is 10.6. The zero-order valence-corrected chi connectivity index (χ0v) is 7.07. The Hall–Kier alpha value is -2.15. The molecule has 0 unspecified atom stereocenters. The Morgan fingerprint density at radius 1 is 1.57 bits per heavy atom. The van der Waals surface area contributed by atoms with E-state index in [2.05, 4.69) is 0 Å². The minimum atomic E-state index is -1.16. The molecule has 0 aromatic heterocycles. The number of rotatable bonds is 2. The maximum atomic E-state index is 13.0. The third kappa shape index (κ3) is 2.42. The Labute approximate surface area is 79.7 Å². The summed E-state index contributed by atoms with van der Waals surface area (Å²) >= 11 is 0. The van der Waals surface area contributed by atoms with Crippen LogP contribution in [0.3, 0.4) is 0 Å². The van der Waals surface area contributed by atoms with Crippen molar-refractivity contribution in [3.05, 3.63) is 41.2 Å². The van der Waals surface area contributed by atoms with Crippen LogP contribution >= 0.6 is 0 Å². The van der Waals surface area contributed by atoms with Crippen LogP contribution in [0.25, 0.3) is 6.08 Å². The first-order chi connectivity index (χ1) is 6.63. The van der Waals surface area contributed by atoms with Crippen LogP contribution < -0.4 is 0 Å². The molecule has 0 saturated heterocycles. The molecule has 1 N–H and O–H groups in total. The predicted molar refractivity (Wildman–Crippen MR) is 47.8 cm³/mol. The number of hydrogen-bond donors (Lipinski definition) is 1. The molecule has 0 radical (unpaired) electrons. The van der Waals surface area contributed by atoms with Crippen LogP contribution in [0.2, 0.25) is 0 Å². The van der Waals surface area contributed by atoms with Crippen molar-refractivity contribution in [2.75, 3.05) is 0 Å². The highest BCUT2D eigenvalue weighted by atomic mass is 19.1. The smallest absolute Gasteiger partial charge is 0.328 e. The summed E-state index contributed by atoms with van der Waals surface area (Å²) in [5, 5.41) is 16.8. The molecule has 0 amide bonds. The first-order valence-electron chi connectivity index (χ1n) is 3.74. The van der Waals surface area contributed by atoms with Crippen LogP contribution in [-0.2, 0) is 4.79 Å². The van der Waals surface area contributed by atoms with Crippen LogP contribution in [0.15, 0.2) is 24.3 Å². The average Bonchev–Trinajstić information content (AvgIpc) is 2.16. The van der Waals surface area contributed by atoms with Gasteiger partial charge in [0.05, 0.1) is 11.6 Å². The highest BCUT2D eigenvalue weighted by Gasteiger charge is 2.00. The Kier molecular flexibility index (Phi) is 2.97. The molecule has 0 spiro atoms. The Bertz CT molecular complexity index is 432. The normalized spacial score (nSPS) is 10.0. The van der Waals surface area contributed by atoms with E-state index in [1.54, 1.807) is 0 Å². The topological polar surface area (TPSA) is 61.1 Å². The Morgan fingerprint density at radius 3 is 2.86 bits per heavy atom. The molecule has 3 nitrogen and oxygen atoms in total. The molecular formula is C10H6FNO2. The maximum Gasteiger partial charge on any atom is 0.328 e. The molecule has 1 aromatic rings. The summed E-state index contributed by atoms with van der Waals surface area (Å²) in [7, 11) is 0. The molecule has 0 saturated carbocycles. The van der Waals surface area contributed by atoms with Crippen molar-refractivity contribution < 1.29 is 14.3 Å². The molecule has 0 aliphatic rings. The lowest BCUT2D eigenvalue weighted by Gasteiger charge is -1.95. The number of nitriles is 1. The second-order valence-corrected chi connectivity index (χ2v) is 2.52. The van der Waals surface area contributed by atoms with Gasteiger partial charge in [-0.3, -0.25) is 0 Å². The number of hydrogen-bond acceptors (Lipinski definition) is 2. The molecule has 14 heavy (non-hydrogen) atoms.